The summed E-state index contributed by atoms with van der Waals surface area (Å²) in [6, 6.07) is 6.04. The summed E-state index contributed by atoms with van der Waals surface area (Å²) in [4.78, 5) is 24.3. The molecule has 2 aromatic rings. The Morgan fingerprint density at radius 1 is 1.28 bits per heavy atom. The highest BCUT2D eigenvalue weighted by molar-refractivity contribution is 5.81. The number of carbonyl (C=O) groups excluding carboxylic acids is 1. The molecule has 3 heterocycles. The van der Waals surface area contributed by atoms with E-state index in [9.17, 15) is 4.79 Å². The van der Waals surface area contributed by atoms with Gasteiger partial charge in [-0.05, 0) is 63.4 Å². The van der Waals surface area contributed by atoms with E-state index in [0.29, 0.717) is 19.0 Å². The molecule has 0 bridgehead atoms. The van der Waals surface area contributed by atoms with Crippen molar-refractivity contribution in [2.75, 3.05) is 19.6 Å². The number of rotatable bonds is 4. The highest BCUT2D eigenvalue weighted by atomic mass is 16.5. The number of amides is 1. The third-order valence-corrected chi connectivity index (χ3v) is 5.78. The quantitative estimate of drug-likeness (QED) is 0.864. The third kappa shape index (κ3) is 4.58. The average Bonchev–Trinajstić information content (AvgIpc) is 2.72. The maximum atomic E-state index is 12.9. The maximum absolute atomic E-state index is 12.9. The topological polar surface area (TPSA) is 67.3 Å². The van der Waals surface area contributed by atoms with Crippen LogP contribution in [0.4, 0.5) is 0 Å². The molecule has 6 heteroatoms. The van der Waals surface area contributed by atoms with Gasteiger partial charge in [-0.15, -0.1) is 0 Å². The first-order chi connectivity index (χ1) is 14.0. The van der Waals surface area contributed by atoms with E-state index in [1.165, 1.54) is 6.42 Å². The molecule has 29 heavy (non-hydrogen) atoms. The van der Waals surface area contributed by atoms with E-state index < -0.39 is 6.10 Å². The SMILES string of the molecule is Cc1cc(C)cc(O[C@H](C)C(=O)N2CCc3nc([C@H]4CCCNC4)ncc3C2)c1. The molecule has 0 spiro atoms. The molecule has 2 aliphatic heterocycles. The molecule has 154 valence electrons. The van der Waals surface area contributed by atoms with Gasteiger partial charge in [0.05, 0.1) is 5.69 Å². The molecule has 1 amide bonds. The van der Waals surface area contributed by atoms with Crippen LogP contribution in [0.5, 0.6) is 5.75 Å². The van der Waals surface area contributed by atoms with Crippen LogP contribution < -0.4 is 10.1 Å². The van der Waals surface area contributed by atoms with Gasteiger partial charge in [-0.25, -0.2) is 9.97 Å². The molecule has 0 saturated carbocycles. The Kier molecular flexibility index (Phi) is 5.81. The van der Waals surface area contributed by atoms with E-state index in [4.69, 9.17) is 9.72 Å². The molecule has 0 unspecified atom stereocenters. The van der Waals surface area contributed by atoms with Crippen molar-refractivity contribution in [3.8, 4) is 5.75 Å². The summed E-state index contributed by atoms with van der Waals surface area (Å²) in [5.41, 5.74) is 4.41. The highest BCUT2D eigenvalue weighted by Gasteiger charge is 2.28. The molecule has 6 nitrogen and oxygen atoms in total. The van der Waals surface area contributed by atoms with Gasteiger partial charge in [0.15, 0.2) is 6.10 Å². The minimum Gasteiger partial charge on any atom is -0.481 e. The van der Waals surface area contributed by atoms with Crippen molar-refractivity contribution in [3.05, 3.63) is 52.6 Å². The summed E-state index contributed by atoms with van der Waals surface area (Å²) < 4.78 is 5.95. The average molecular weight is 395 g/mol. The number of fused-ring (bicyclic) bond motifs is 1. The largest absolute Gasteiger partial charge is 0.481 e. The Bertz CT molecular complexity index is 872. The fourth-order valence-corrected chi connectivity index (χ4v) is 4.30. The Morgan fingerprint density at radius 3 is 2.79 bits per heavy atom. The number of piperidine rings is 1. The van der Waals surface area contributed by atoms with Crippen molar-refractivity contribution in [1.82, 2.24) is 20.2 Å². The van der Waals surface area contributed by atoms with Crippen LogP contribution in [0.15, 0.2) is 24.4 Å². The van der Waals surface area contributed by atoms with Crippen molar-refractivity contribution < 1.29 is 9.53 Å². The first kappa shape index (κ1) is 19.8. The van der Waals surface area contributed by atoms with Crippen molar-refractivity contribution >= 4 is 5.91 Å². The second-order valence-electron chi connectivity index (χ2n) is 8.34. The fourth-order valence-electron chi connectivity index (χ4n) is 4.30. The van der Waals surface area contributed by atoms with Gasteiger partial charge in [0, 0.05) is 43.7 Å². The number of hydrogen-bond donors (Lipinski definition) is 1. The van der Waals surface area contributed by atoms with Crippen LogP contribution in [0.2, 0.25) is 0 Å². The van der Waals surface area contributed by atoms with Crippen LogP contribution in [0.3, 0.4) is 0 Å². The zero-order valence-electron chi connectivity index (χ0n) is 17.6. The predicted molar refractivity (Wildman–Crippen MR) is 112 cm³/mol. The van der Waals surface area contributed by atoms with Crippen LogP contribution in [-0.4, -0.2) is 46.5 Å². The van der Waals surface area contributed by atoms with Gasteiger partial charge in [0.25, 0.3) is 5.91 Å². The molecular weight excluding hydrogens is 364 g/mol. The number of nitrogens with one attached hydrogen (secondary N) is 1. The fraction of sp³-hybridized carbons (Fsp3) is 0.522. The number of aromatic nitrogens is 2. The summed E-state index contributed by atoms with van der Waals surface area (Å²) in [7, 11) is 0. The van der Waals surface area contributed by atoms with E-state index in [1.807, 2.05) is 44.0 Å². The number of aryl methyl sites for hydroxylation is 2. The van der Waals surface area contributed by atoms with Crippen molar-refractivity contribution in [1.29, 1.82) is 0 Å². The molecule has 1 fully saturated rings. The van der Waals surface area contributed by atoms with Crippen LogP contribution in [0.1, 0.15) is 53.9 Å². The van der Waals surface area contributed by atoms with E-state index in [0.717, 1.165) is 59.9 Å². The zero-order valence-corrected chi connectivity index (χ0v) is 17.6. The number of ether oxygens (including phenoxy) is 1. The Labute approximate surface area is 172 Å². The van der Waals surface area contributed by atoms with E-state index >= 15 is 0 Å². The summed E-state index contributed by atoms with van der Waals surface area (Å²) in [5, 5.41) is 3.43. The molecule has 1 aromatic heterocycles. The molecule has 4 rings (SSSR count). The van der Waals surface area contributed by atoms with Crippen molar-refractivity contribution in [2.45, 2.75) is 58.6 Å². The lowest BCUT2D eigenvalue weighted by Crippen LogP contribution is -2.43. The van der Waals surface area contributed by atoms with Crippen LogP contribution in [0, 0.1) is 13.8 Å². The van der Waals surface area contributed by atoms with Gasteiger partial charge >= 0.3 is 0 Å². The Hall–Kier alpha value is -2.47. The third-order valence-electron chi connectivity index (χ3n) is 5.78. The molecule has 1 aromatic carbocycles. The first-order valence-electron chi connectivity index (χ1n) is 10.6. The molecule has 2 atom stereocenters. The standard InChI is InChI=1S/C23H30N4O2/c1-15-9-16(2)11-20(10-15)29-17(3)23(28)27-8-6-21-19(14-27)13-25-22(26-21)18-5-4-7-24-12-18/h9-11,13,17-18,24H,4-8,12,14H2,1-3H3/t17-,18+/m1/s1. The van der Waals surface area contributed by atoms with Gasteiger partial charge < -0.3 is 15.0 Å². The summed E-state index contributed by atoms with van der Waals surface area (Å²) in [6.45, 7) is 9.16. The number of benzene rings is 1. The second-order valence-corrected chi connectivity index (χ2v) is 8.34. The molecule has 0 radical (unpaired) electrons. The maximum Gasteiger partial charge on any atom is 0.263 e. The van der Waals surface area contributed by atoms with Gasteiger partial charge in [-0.1, -0.05) is 6.07 Å². The smallest absolute Gasteiger partial charge is 0.263 e. The Balaban J connectivity index is 1.41. The van der Waals surface area contributed by atoms with Gasteiger partial charge in [0.1, 0.15) is 11.6 Å². The van der Waals surface area contributed by atoms with Gasteiger partial charge in [0.2, 0.25) is 0 Å². The molecular formula is C23H30N4O2. The van der Waals surface area contributed by atoms with E-state index in [1.54, 1.807) is 0 Å². The molecule has 1 saturated heterocycles. The van der Waals surface area contributed by atoms with Gasteiger partial charge in [-0.3, -0.25) is 4.79 Å². The minimum absolute atomic E-state index is 0.00960. The molecule has 2 aliphatic rings. The normalized spacial score (nSPS) is 20.1. The number of hydrogen-bond acceptors (Lipinski definition) is 5. The van der Waals surface area contributed by atoms with Crippen LogP contribution in [-0.2, 0) is 17.8 Å². The lowest BCUT2D eigenvalue weighted by Gasteiger charge is -2.31. The van der Waals surface area contributed by atoms with Crippen molar-refractivity contribution in [3.63, 3.8) is 0 Å². The minimum atomic E-state index is -0.522. The molecule has 0 aliphatic carbocycles. The predicted octanol–water partition coefficient (Wildman–Crippen LogP) is 2.91. The monoisotopic (exact) mass is 394 g/mol. The van der Waals surface area contributed by atoms with Crippen molar-refractivity contribution in [2.24, 2.45) is 0 Å². The van der Waals surface area contributed by atoms with E-state index in [2.05, 4.69) is 16.4 Å². The number of nitrogens with zero attached hydrogens (tertiary/aromatic N) is 3. The lowest BCUT2D eigenvalue weighted by atomic mass is 9.98. The first-order valence-corrected chi connectivity index (χ1v) is 10.6. The zero-order chi connectivity index (χ0) is 20.4. The van der Waals surface area contributed by atoms with E-state index in [-0.39, 0.29) is 5.91 Å². The summed E-state index contributed by atoms with van der Waals surface area (Å²) in [6.07, 6.45) is 4.48. The summed E-state index contributed by atoms with van der Waals surface area (Å²) in [5.74, 6) is 2.10. The Morgan fingerprint density at radius 2 is 2.07 bits per heavy atom. The summed E-state index contributed by atoms with van der Waals surface area (Å²) >= 11 is 0. The molecule has 1 N–H and O–H groups in total. The highest BCUT2D eigenvalue weighted by Crippen LogP contribution is 2.24. The lowest BCUT2D eigenvalue weighted by molar-refractivity contribution is -0.138. The number of carbonyl (C=O) groups is 1. The van der Waals surface area contributed by atoms with Crippen LogP contribution >= 0.6 is 0 Å². The van der Waals surface area contributed by atoms with Crippen LogP contribution in [0.25, 0.3) is 0 Å². The van der Waals surface area contributed by atoms with Gasteiger partial charge in [-0.2, -0.15) is 0 Å². The second kappa shape index (κ2) is 8.49.